The number of aliphatic hydroxyl groups is 1. The van der Waals surface area contributed by atoms with E-state index in [1.165, 1.54) is 70.6 Å². The van der Waals surface area contributed by atoms with E-state index >= 15 is 0 Å². The first kappa shape index (κ1) is 16.1. The van der Waals surface area contributed by atoms with Crippen LogP contribution in [0.3, 0.4) is 0 Å². The maximum absolute atomic E-state index is 10.0. The molecule has 5 rings (SSSR count). The van der Waals surface area contributed by atoms with Gasteiger partial charge in [-0.2, -0.15) is 0 Å². The summed E-state index contributed by atoms with van der Waals surface area (Å²) in [6, 6.07) is 0. The molecule has 6 atom stereocenters. The van der Waals surface area contributed by atoms with Crippen LogP contribution in [0.1, 0.15) is 83.5 Å². The van der Waals surface area contributed by atoms with Crippen molar-refractivity contribution in [3.8, 4) is 0 Å². The van der Waals surface area contributed by atoms with Crippen LogP contribution in [-0.4, -0.2) is 23.4 Å². The monoisotopic (exact) mass is 332 g/mol. The second-order valence-corrected chi connectivity index (χ2v) is 9.83. The van der Waals surface area contributed by atoms with E-state index in [4.69, 9.17) is 4.74 Å². The van der Waals surface area contributed by atoms with Crippen molar-refractivity contribution in [3.05, 3.63) is 0 Å². The highest BCUT2D eigenvalue weighted by molar-refractivity contribution is 5.05. The highest BCUT2D eigenvalue weighted by Crippen LogP contribution is 2.58. The minimum Gasteiger partial charge on any atom is -0.393 e. The molecule has 0 spiro atoms. The van der Waals surface area contributed by atoms with Crippen LogP contribution >= 0.6 is 0 Å². The predicted molar refractivity (Wildman–Crippen MR) is 95.6 cm³/mol. The summed E-state index contributed by atoms with van der Waals surface area (Å²) in [6.07, 6.45) is 19.2. The number of ether oxygens (including phenoxy) is 1. The molecule has 0 radical (unpaired) electrons. The molecular weight excluding hydrogens is 296 g/mol. The van der Waals surface area contributed by atoms with Gasteiger partial charge in [-0.3, -0.25) is 0 Å². The van der Waals surface area contributed by atoms with Gasteiger partial charge in [0.25, 0.3) is 0 Å². The number of hydrogen-bond donors (Lipinski definition) is 1. The van der Waals surface area contributed by atoms with Crippen molar-refractivity contribution in [1.82, 2.24) is 0 Å². The molecule has 4 aliphatic carbocycles. The molecule has 5 aliphatic rings. The van der Waals surface area contributed by atoms with E-state index in [2.05, 4.69) is 0 Å². The Labute approximate surface area is 147 Å². The first-order valence-electron chi connectivity index (χ1n) is 11.1. The third-order valence-electron chi connectivity index (χ3n) is 8.74. The van der Waals surface area contributed by atoms with Gasteiger partial charge in [-0.05, 0) is 86.9 Å². The lowest BCUT2D eigenvalue weighted by atomic mass is 9.53. The third-order valence-corrected chi connectivity index (χ3v) is 8.74. The van der Waals surface area contributed by atoms with Crippen molar-refractivity contribution >= 4 is 0 Å². The number of epoxide rings is 1. The Hall–Kier alpha value is -0.0800. The van der Waals surface area contributed by atoms with E-state index in [0.717, 1.165) is 48.3 Å². The lowest BCUT2D eigenvalue weighted by Crippen LogP contribution is -2.46. The lowest BCUT2D eigenvalue weighted by Gasteiger charge is -2.52. The van der Waals surface area contributed by atoms with Crippen molar-refractivity contribution < 1.29 is 9.84 Å². The molecule has 2 nitrogen and oxygen atoms in total. The second-order valence-electron chi connectivity index (χ2n) is 9.83. The molecule has 0 aromatic carbocycles. The minimum absolute atomic E-state index is 0.00345. The molecule has 1 heterocycles. The van der Waals surface area contributed by atoms with Crippen LogP contribution in [0.4, 0.5) is 0 Å². The SMILES string of the molecule is OC1CCC(C2C(C3CCCCC3)CCC3C2CCC2OC23)CC1. The highest BCUT2D eigenvalue weighted by atomic mass is 16.6. The van der Waals surface area contributed by atoms with E-state index in [-0.39, 0.29) is 6.10 Å². The summed E-state index contributed by atoms with van der Waals surface area (Å²) >= 11 is 0. The molecule has 4 saturated carbocycles. The highest BCUT2D eigenvalue weighted by Gasteiger charge is 2.57. The summed E-state index contributed by atoms with van der Waals surface area (Å²) in [5.41, 5.74) is 0. The maximum Gasteiger partial charge on any atom is 0.0872 e. The molecule has 136 valence electrons. The van der Waals surface area contributed by atoms with Crippen molar-refractivity contribution in [2.75, 3.05) is 0 Å². The molecule has 1 saturated heterocycles. The van der Waals surface area contributed by atoms with Crippen LogP contribution in [0, 0.1) is 35.5 Å². The van der Waals surface area contributed by atoms with Gasteiger partial charge >= 0.3 is 0 Å². The Morgan fingerprint density at radius 1 is 0.583 bits per heavy atom. The van der Waals surface area contributed by atoms with E-state index in [0.29, 0.717) is 12.2 Å². The molecule has 0 amide bonds. The van der Waals surface area contributed by atoms with Gasteiger partial charge < -0.3 is 9.84 Å². The molecule has 1 aliphatic heterocycles. The average molecular weight is 333 g/mol. The third kappa shape index (κ3) is 2.86. The second kappa shape index (κ2) is 6.58. The fraction of sp³-hybridized carbons (Fsp3) is 1.00. The van der Waals surface area contributed by atoms with Crippen molar-refractivity contribution in [2.45, 2.75) is 102 Å². The van der Waals surface area contributed by atoms with Gasteiger partial charge in [-0.1, -0.05) is 32.1 Å². The van der Waals surface area contributed by atoms with Gasteiger partial charge in [-0.15, -0.1) is 0 Å². The number of fused-ring (bicyclic) bond motifs is 3. The Kier molecular flexibility index (Phi) is 4.42. The van der Waals surface area contributed by atoms with Crippen molar-refractivity contribution in [3.63, 3.8) is 0 Å². The maximum atomic E-state index is 10.0. The zero-order valence-electron chi connectivity index (χ0n) is 15.2. The van der Waals surface area contributed by atoms with Crippen molar-refractivity contribution in [2.24, 2.45) is 35.5 Å². The minimum atomic E-state index is -0.00345. The molecule has 6 unspecified atom stereocenters. The predicted octanol–water partition coefficient (Wildman–Crippen LogP) is 4.94. The summed E-state index contributed by atoms with van der Waals surface area (Å²) < 4.78 is 6.04. The number of hydrogen-bond acceptors (Lipinski definition) is 2. The summed E-state index contributed by atoms with van der Waals surface area (Å²) in [5.74, 6) is 5.74. The normalized spacial score (nSPS) is 52.4. The van der Waals surface area contributed by atoms with Crippen molar-refractivity contribution in [1.29, 1.82) is 0 Å². The summed E-state index contributed by atoms with van der Waals surface area (Å²) in [6.45, 7) is 0. The van der Waals surface area contributed by atoms with Gasteiger partial charge in [-0.25, -0.2) is 0 Å². The lowest BCUT2D eigenvalue weighted by molar-refractivity contribution is -0.0344. The number of aliphatic hydroxyl groups excluding tert-OH is 1. The molecular formula is C22H36O2. The van der Waals surface area contributed by atoms with Gasteiger partial charge in [0, 0.05) is 0 Å². The van der Waals surface area contributed by atoms with Crippen LogP contribution in [0.5, 0.6) is 0 Å². The summed E-state index contributed by atoms with van der Waals surface area (Å²) in [4.78, 5) is 0. The largest absolute Gasteiger partial charge is 0.393 e. The van der Waals surface area contributed by atoms with Crippen LogP contribution in [-0.2, 0) is 4.74 Å². The van der Waals surface area contributed by atoms with Crippen LogP contribution in [0.25, 0.3) is 0 Å². The molecule has 0 aromatic rings. The van der Waals surface area contributed by atoms with Crippen LogP contribution < -0.4 is 0 Å². The van der Waals surface area contributed by atoms with Gasteiger partial charge in [0.2, 0.25) is 0 Å². The number of rotatable bonds is 2. The first-order chi connectivity index (χ1) is 11.8. The first-order valence-corrected chi connectivity index (χ1v) is 11.1. The zero-order valence-corrected chi connectivity index (χ0v) is 15.2. The molecule has 5 fully saturated rings. The van der Waals surface area contributed by atoms with E-state index in [1.54, 1.807) is 0 Å². The fourth-order valence-electron chi connectivity index (χ4n) is 7.63. The molecule has 0 bridgehead atoms. The van der Waals surface area contributed by atoms with Crippen LogP contribution in [0.15, 0.2) is 0 Å². The summed E-state index contributed by atoms with van der Waals surface area (Å²) in [7, 11) is 0. The van der Waals surface area contributed by atoms with E-state index in [1.807, 2.05) is 0 Å². The molecule has 1 N–H and O–H groups in total. The zero-order chi connectivity index (χ0) is 16.1. The Bertz CT molecular complexity index is 435. The van der Waals surface area contributed by atoms with E-state index < -0.39 is 0 Å². The Morgan fingerprint density at radius 2 is 1.29 bits per heavy atom. The molecule has 24 heavy (non-hydrogen) atoms. The summed E-state index contributed by atoms with van der Waals surface area (Å²) in [5, 5.41) is 10.0. The van der Waals surface area contributed by atoms with Gasteiger partial charge in [0.15, 0.2) is 0 Å². The van der Waals surface area contributed by atoms with Crippen LogP contribution in [0.2, 0.25) is 0 Å². The van der Waals surface area contributed by atoms with E-state index in [9.17, 15) is 5.11 Å². The van der Waals surface area contributed by atoms with Gasteiger partial charge in [0.1, 0.15) is 0 Å². The average Bonchev–Trinajstić information content (AvgIpc) is 3.42. The molecule has 2 heteroatoms. The van der Waals surface area contributed by atoms with Gasteiger partial charge in [0.05, 0.1) is 18.3 Å². The Morgan fingerprint density at radius 3 is 2.08 bits per heavy atom. The smallest absolute Gasteiger partial charge is 0.0872 e. The molecule has 0 aromatic heterocycles. The Balaban J connectivity index is 1.38. The topological polar surface area (TPSA) is 32.8 Å². The fourth-order valence-corrected chi connectivity index (χ4v) is 7.63. The standard InChI is InChI=1S/C22H36O2/c23-16-8-6-15(7-9-16)21-17(14-4-2-1-3-5-14)10-11-19-18(21)12-13-20-22(19)24-20/h14-23H,1-13H2. The quantitative estimate of drug-likeness (QED) is 0.727.